The van der Waals surface area contributed by atoms with Crippen LogP contribution in [0.4, 0.5) is 0 Å². The molecule has 1 saturated heterocycles. The normalized spacial score (nSPS) is 15.3. The van der Waals surface area contributed by atoms with Gasteiger partial charge in [-0.3, -0.25) is 4.79 Å². The molecule has 2 nitrogen and oxygen atoms in total. The van der Waals surface area contributed by atoms with E-state index < -0.39 is 0 Å². The maximum atomic E-state index is 11.6. The number of likely N-dealkylation sites (tertiary alicyclic amines) is 1. The van der Waals surface area contributed by atoms with Crippen molar-refractivity contribution in [3.8, 4) is 0 Å². The zero-order valence-corrected chi connectivity index (χ0v) is 7.92. The van der Waals surface area contributed by atoms with Crippen LogP contribution in [0.2, 0.25) is 5.02 Å². The van der Waals surface area contributed by atoms with Gasteiger partial charge in [0.1, 0.15) is 0 Å². The summed E-state index contributed by atoms with van der Waals surface area (Å²) in [6.45, 7) is 1.78. The van der Waals surface area contributed by atoms with Crippen molar-refractivity contribution in [1.82, 2.24) is 4.90 Å². The molecular formula is C10H10ClNO. The van der Waals surface area contributed by atoms with E-state index in [0.717, 1.165) is 25.1 Å². The fourth-order valence-corrected chi connectivity index (χ4v) is 1.42. The van der Waals surface area contributed by atoms with Crippen LogP contribution >= 0.6 is 11.6 Å². The number of nitrogens with zero attached hydrogens (tertiary/aromatic N) is 1. The molecule has 0 spiro atoms. The van der Waals surface area contributed by atoms with Crippen molar-refractivity contribution in [3.05, 3.63) is 34.9 Å². The van der Waals surface area contributed by atoms with Crippen molar-refractivity contribution >= 4 is 17.5 Å². The predicted molar refractivity (Wildman–Crippen MR) is 52.0 cm³/mol. The van der Waals surface area contributed by atoms with Crippen molar-refractivity contribution in [2.45, 2.75) is 6.42 Å². The molecule has 0 aromatic heterocycles. The molecule has 13 heavy (non-hydrogen) atoms. The molecule has 1 aromatic carbocycles. The molecule has 68 valence electrons. The first-order valence-corrected chi connectivity index (χ1v) is 4.70. The van der Waals surface area contributed by atoms with E-state index in [1.165, 1.54) is 0 Å². The Morgan fingerprint density at radius 3 is 2.31 bits per heavy atom. The van der Waals surface area contributed by atoms with Crippen LogP contribution in [0.15, 0.2) is 24.3 Å². The summed E-state index contributed by atoms with van der Waals surface area (Å²) in [4.78, 5) is 13.5. The third-order valence-electron chi connectivity index (χ3n) is 2.23. The van der Waals surface area contributed by atoms with Gasteiger partial charge in [0.2, 0.25) is 0 Å². The van der Waals surface area contributed by atoms with E-state index in [0.29, 0.717) is 5.02 Å². The van der Waals surface area contributed by atoms with Gasteiger partial charge in [-0.05, 0) is 30.7 Å². The minimum Gasteiger partial charge on any atom is -0.339 e. The van der Waals surface area contributed by atoms with Crippen LogP contribution in [0, 0.1) is 0 Å². The Bertz CT molecular complexity index is 316. The largest absolute Gasteiger partial charge is 0.339 e. The molecule has 0 aliphatic carbocycles. The summed E-state index contributed by atoms with van der Waals surface area (Å²) in [5, 5.41) is 0.667. The molecule has 1 heterocycles. The van der Waals surface area contributed by atoms with Crippen molar-refractivity contribution in [1.29, 1.82) is 0 Å². The first kappa shape index (κ1) is 8.57. The lowest BCUT2D eigenvalue weighted by molar-refractivity contribution is 0.0652. The maximum Gasteiger partial charge on any atom is 0.253 e. The monoisotopic (exact) mass is 195 g/mol. The molecule has 0 N–H and O–H groups in total. The van der Waals surface area contributed by atoms with E-state index in [4.69, 9.17) is 11.6 Å². The summed E-state index contributed by atoms with van der Waals surface area (Å²) in [6.07, 6.45) is 1.12. The van der Waals surface area contributed by atoms with Crippen LogP contribution in [0.1, 0.15) is 16.8 Å². The Morgan fingerprint density at radius 1 is 1.23 bits per heavy atom. The smallest absolute Gasteiger partial charge is 0.253 e. The van der Waals surface area contributed by atoms with E-state index in [-0.39, 0.29) is 5.91 Å². The van der Waals surface area contributed by atoms with Crippen LogP contribution in [-0.4, -0.2) is 23.9 Å². The molecule has 0 saturated carbocycles. The van der Waals surface area contributed by atoms with Gasteiger partial charge in [-0.25, -0.2) is 0 Å². The van der Waals surface area contributed by atoms with E-state index >= 15 is 0 Å². The number of carbonyl (C=O) groups excluding carboxylic acids is 1. The third-order valence-corrected chi connectivity index (χ3v) is 2.49. The highest BCUT2D eigenvalue weighted by Gasteiger charge is 2.20. The van der Waals surface area contributed by atoms with E-state index in [2.05, 4.69) is 0 Å². The molecule has 3 heteroatoms. The van der Waals surface area contributed by atoms with Crippen LogP contribution in [0.25, 0.3) is 0 Å². The molecule has 0 atom stereocenters. The molecule has 1 aliphatic rings. The highest BCUT2D eigenvalue weighted by Crippen LogP contribution is 2.14. The molecule has 1 amide bonds. The zero-order valence-electron chi connectivity index (χ0n) is 7.16. The van der Waals surface area contributed by atoms with Gasteiger partial charge in [0.15, 0.2) is 0 Å². The lowest BCUT2D eigenvalue weighted by Gasteiger charge is -2.30. The Morgan fingerprint density at radius 2 is 1.85 bits per heavy atom. The molecule has 0 unspecified atom stereocenters. The minimum absolute atomic E-state index is 0.114. The molecule has 1 fully saturated rings. The number of amides is 1. The highest BCUT2D eigenvalue weighted by molar-refractivity contribution is 6.30. The van der Waals surface area contributed by atoms with E-state index in [9.17, 15) is 4.79 Å². The van der Waals surface area contributed by atoms with Gasteiger partial charge in [-0.1, -0.05) is 11.6 Å². The average Bonchev–Trinajstić information content (AvgIpc) is 2.02. The number of carbonyl (C=O) groups is 1. The Labute approximate surface area is 82.1 Å². The minimum atomic E-state index is 0.114. The second-order valence-corrected chi connectivity index (χ2v) is 3.59. The lowest BCUT2D eigenvalue weighted by atomic mass is 10.1. The summed E-state index contributed by atoms with van der Waals surface area (Å²) < 4.78 is 0. The Balaban J connectivity index is 2.15. The first-order chi connectivity index (χ1) is 6.27. The summed E-state index contributed by atoms with van der Waals surface area (Å²) in [5.41, 5.74) is 0.726. The fourth-order valence-electron chi connectivity index (χ4n) is 1.29. The van der Waals surface area contributed by atoms with Crippen molar-refractivity contribution in [2.24, 2.45) is 0 Å². The number of halogens is 1. The fraction of sp³-hybridized carbons (Fsp3) is 0.300. The van der Waals surface area contributed by atoms with Gasteiger partial charge < -0.3 is 4.90 Å². The lowest BCUT2D eigenvalue weighted by Crippen LogP contribution is -2.41. The quantitative estimate of drug-likeness (QED) is 0.673. The summed E-state index contributed by atoms with van der Waals surface area (Å²) in [7, 11) is 0. The van der Waals surface area contributed by atoms with Crippen LogP contribution in [-0.2, 0) is 0 Å². The molecule has 1 aliphatic heterocycles. The average molecular weight is 196 g/mol. The van der Waals surface area contributed by atoms with Gasteiger partial charge in [0.25, 0.3) is 5.91 Å². The summed E-state index contributed by atoms with van der Waals surface area (Å²) in [6, 6.07) is 7.02. The van der Waals surface area contributed by atoms with Gasteiger partial charge in [-0.15, -0.1) is 0 Å². The van der Waals surface area contributed by atoms with Gasteiger partial charge >= 0.3 is 0 Å². The molecular weight excluding hydrogens is 186 g/mol. The van der Waals surface area contributed by atoms with Crippen LogP contribution in [0.5, 0.6) is 0 Å². The van der Waals surface area contributed by atoms with Gasteiger partial charge in [0, 0.05) is 23.7 Å². The van der Waals surface area contributed by atoms with Crippen molar-refractivity contribution in [2.75, 3.05) is 13.1 Å². The second kappa shape index (κ2) is 3.38. The highest BCUT2D eigenvalue weighted by atomic mass is 35.5. The molecule has 1 aromatic rings. The zero-order chi connectivity index (χ0) is 9.26. The topological polar surface area (TPSA) is 20.3 Å². The number of hydrogen-bond acceptors (Lipinski definition) is 1. The molecule has 0 bridgehead atoms. The van der Waals surface area contributed by atoms with Gasteiger partial charge in [-0.2, -0.15) is 0 Å². The first-order valence-electron chi connectivity index (χ1n) is 4.32. The maximum absolute atomic E-state index is 11.6. The Hall–Kier alpha value is -1.02. The SMILES string of the molecule is O=C(c1ccc(Cl)cc1)N1CCC1. The Kier molecular flexibility index (Phi) is 2.23. The third kappa shape index (κ3) is 1.68. The van der Waals surface area contributed by atoms with Gasteiger partial charge in [0.05, 0.1) is 0 Å². The molecule has 0 radical (unpaired) electrons. The number of rotatable bonds is 1. The standard InChI is InChI=1S/C10H10ClNO/c11-9-4-2-8(3-5-9)10(13)12-6-1-7-12/h2-5H,1,6-7H2. The predicted octanol–water partition coefficient (Wildman–Crippen LogP) is 2.19. The van der Waals surface area contributed by atoms with Crippen molar-refractivity contribution in [3.63, 3.8) is 0 Å². The second-order valence-electron chi connectivity index (χ2n) is 3.15. The molecule has 2 rings (SSSR count). The van der Waals surface area contributed by atoms with Crippen molar-refractivity contribution < 1.29 is 4.79 Å². The summed E-state index contributed by atoms with van der Waals surface area (Å²) >= 11 is 5.72. The number of benzene rings is 1. The van der Waals surface area contributed by atoms with Crippen LogP contribution < -0.4 is 0 Å². The van der Waals surface area contributed by atoms with E-state index in [1.807, 2.05) is 4.90 Å². The van der Waals surface area contributed by atoms with E-state index in [1.54, 1.807) is 24.3 Å². The summed E-state index contributed by atoms with van der Waals surface area (Å²) in [5.74, 6) is 0.114. The number of hydrogen-bond donors (Lipinski definition) is 0. The van der Waals surface area contributed by atoms with Crippen LogP contribution in [0.3, 0.4) is 0 Å².